The molecule has 1 N–H and O–H groups in total. The molecular weight excluding hydrogens is 290 g/mol. The van der Waals surface area contributed by atoms with E-state index in [0.29, 0.717) is 6.42 Å². The third kappa shape index (κ3) is 4.42. The van der Waals surface area contributed by atoms with E-state index in [-0.39, 0.29) is 17.5 Å². The molecule has 0 spiro atoms. The molecular formula is C15H19NO4S. The largest absolute Gasteiger partial charge is 0.469 e. The Bertz CT molecular complexity index is 647. The molecule has 0 aliphatic carbocycles. The molecule has 5 nitrogen and oxygen atoms in total. The summed E-state index contributed by atoms with van der Waals surface area (Å²) < 4.78 is 34.6. The molecule has 0 amide bonds. The maximum absolute atomic E-state index is 12.1. The van der Waals surface area contributed by atoms with E-state index in [0.717, 1.165) is 11.3 Å². The first-order chi connectivity index (χ1) is 10.0. The molecule has 1 atom stereocenters. The summed E-state index contributed by atoms with van der Waals surface area (Å²) in [4.78, 5) is 0.168. The summed E-state index contributed by atoms with van der Waals surface area (Å²) in [5.74, 6) is 0.783. The zero-order valence-corrected chi connectivity index (χ0v) is 12.9. The van der Waals surface area contributed by atoms with Crippen LogP contribution in [0.25, 0.3) is 0 Å². The number of aryl methyl sites for hydroxylation is 1. The molecule has 1 heterocycles. The lowest BCUT2D eigenvalue weighted by Gasteiger charge is -2.15. The molecule has 6 heteroatoms. The predicted octanol–water partition coefficient (Wildman–Crippen LogP) is 2.12. The van der Waals surface area contributed by atoms with E-state index >= 15 is 0 Å². The van der Waals surface area contributed by atoms with Crippen LogP contribution in [0.4, 0.5) is 0 Å². The second kappa shape index (κ2) is 6.89. The Kier molecular flexibility index (Phi) is 5.17. The summed E-state index contributed by atoms with van der Waals surface area (Å²) in [5.41, 5.74) is 1.000. The van der Waals surface area contributed by atoms with Crippen LogP contribution >= 0.6 is 0 Å². The van der Waals surface area contributed by atoms with Gasteiger partial charge in [0.1, 0.15) is 5.76 Å². The lowest BCUT2D eigenvalue weighted by atomic mass is 10.2. The molecule has 2 aromatic rings. The fourth-order valence-electron chi connectivity index (χ4n) is 1.86. The molecule has 1 aromatic heterocycles. The first kappa shape index (κ1) is 15.8. The average Bonchev–Trinajstić information content (AvgIpc) is 2.97. The molecule has 0 aliphatic heterocycles. The van der Waals surface area contributed by atoms with E-state index in [4.69, 9.17) is 8.60 Å². The molecule has 0 unspecified atom stereocenters. The normalized spacial score (nSPS) is 13.2. The molecule has 21 heavy (non-hydrogen) atoms. The van der Waals surface area contributed by atoms with Crippen molar-refractivity contribution in [2.45, 2.75) is 24.3 Å². The van der Waals surface area contributed by atoms with Gasteiger partial charge in [-0.05, 0) is 38.2 Å². The minimum Gasteiger partial charge on any atom is -0.469 e. The highest BCUT2D eigenvalue weighted by atomic mass is 32.2. The Hall–Kier alpha value is -1.63. The number of nitrogens with one attached hydrogen (secondary N) is 1. The standard InChI is InChI=1S/C15H19NO4S/c1-12-5-7-15(8-6-12)21(17,18)20-11-13(16-2)10-14-4-3-9-19-14/h3-9,13,16H,10-11H2,1-2H3/t13-/m0/s1. The van der Waals surface area contributed by atoms with Gasteiger partial charge < -0.3 is 9.73 Å². The summed E-state index contributed by atoms with van der Waals surface area (Å²) in [5, 5.41) is 3.02. The molecule has 1 aromatic carbocycles. The van der Waals surface area contributed by atoms with E-state index < -0.39 is 10.1 Å². The van der Waals surface area contributed by atoms with Crippen molar-refractivity contribution in [2.24, 2.45) is 0 Å². The number of likely N-dealkylation sites (N-methyl/N-ethyl adjacent to an activating group) is 1. The van der Waals surface area contributed by atoms with E-state index in [1.807, 2.05) is 13.0 Å². The Morgan fingerprint density at radius 2 is 1.95 bits per heavy atom. The number of hydrogen-bond acceptors (Lipinski definition) is 5. The molecule has 0 fully saturated rings. The quantitative estimate of drug-likeness (QED) is 0.794. The van der Waals surface area contributed by atoms with Crippen molar-refractivity contribution < 1.29 is 17.0 Å². The van der Waals surface area contributed by atoms with Gasteiger partial charge in [0.15, 0.2) is 0 Å². The second-order valence-electron chi connectivity index (χ2n) is 4.82. The number of furan rings is 1. The summed E-state index contributed by atoms with van der Waals surface area (Å²) in [7, 11) is -1.97. The third-order valence-corrected chi connectivity index (χ3v) is 4.47. The van der Waals surface area contributed by atoms with Crippen LogP contribution in [0.1, 0.15) is 11.3 Å². The SMILES string of the molecule is CN[C@H](COS(=O)(=O)c1ccc(C)cc1)Cc1ccco1. The van der Waals surface area contributed by atoms with Crippen LogP contribution in [0.15, 0.2) is 52.0 Å². The van der Waals surface area contributed by atoms with E-state index in [1.54, 1.807) is 43.6 Å². The van der Waals surface area contributed by atoms with Crippen LogP contribution in [0, 0.1) is 6.92 Å². The van der Waals surface area contributed by atoms with E-state index in [2.05, 4.69) is 5.32 Å². The van der Waals surface area contributed by atoms with Gasteiger partial charge in [-0.1, -0.05) is 17.7 Å². The highest BCUT2D eigenvalue weighted by Crippen LogP contribution is 2.14. The van der Waals surface area contributed by atoms with Gasteiger partial charge in [0.25, 0.3) is 10.1 Å². The summed E-state index contributed by atoms with van der Waals surface area (Å²) >= 11 is 0. The number of benzene rings is 1. The monoisotopic (exact) mass is 309 g/mol. The Morgan fingerprint density at radius 1 is 1.24 bits per heavy atom. The minimum absolute atomic E-state index is 0.0490. The van der Waals surface area contributed by atoms with Crippen LogP contribution < -0.4 is 5.32 Å². The van der Waals surface area contributed by atoms with Gasteiger partial charge in [0.2, 0.25) is 0 Å². The lowest BCUT2D eigenvalue weighted by molar-refractivity contribution is 0.267. The van der Waals surface area contributed by atoms with Gasteiger partial charge in [-0.25, -0.2) is 0 Å². The molecule has 0 saturated carbocycles. The lowest BCUT2D eigenvalue weighted by Crippen LogP contribution is -2.33. The van der Waals surface area contributed by atoms with Crippen molar-refractivity contribution in [3.05, 3.63) is 54.0 Å². The van der Waals surface area contributed by atoms with Crippen LogP contribution in [0.5, 0.6) is 0 Å². The second-order valence-corrected chi connectivity index (χ2v) is 6.44. The number of rotatable bonds is 7. The van der Waals surface area contributed by atoms with Crippen molar-refractivity contribution in [3.8, 4) is 0 Å². The van der Waals surface area contributed by atoms with E-state index in [1.165, 1.54) is 0 Å². The molecule has 0 bridgehead atoms. The molecule has 2 rings (SSSR count). The summed E-state index contributed by atoms with van der Waals surface area (Å²) in [6.45, 7) is 1.95. The van der Waals surface area contributed by atoms with Crippen LogP contribution in [0.2, 0.25) is 0 Å². The van der Waals surface area contributed by atoms with Crippen molar-refractivity contribution in [2.75, 3.05) is 13.7 Å². The molecule has 0 radical (unpaired) electrons. The smallest absolute Gasteiger partial charge is 0.297 e. The fraction of sp³-hybridized carbons (Fsp3) is 0.333. The van der Waals surface area contributed by atoms with Crippen molar-refractivity contribution in [1.29, 1.82) is 0 Å². The molecule has 0 saturated heterocycles. The zero-order valence-electron chi connectivity index (χ0n) is 12.1. The van der Waals surface area contributed by atoms with Crippen LogP contribution in [-0.2, 0) is 20.7 Å². The topological polar surface area (TPSA) is 68.5 Å². The first-order valence-electron chi connectivity index (χ1n) is 6.67. The summed E-state index contributed by atoms with van der Waals surface area (Å²) in [6.07, 6.45) is 2.15. The highest BCUT2D eigenvalue weighted by Gasteiger charge is 2.18. The zero-order chi connectivity index (χ0) is 15.3. The van der Waals surface area contributed by atoms with Crippen molar-refractivity contribution in [1.82, 2.24) is 5.32 Å². The van der Waals surface area contributed by atoms with Gasteiger partial charge >= 0.3 is 0 Å². The molecule has 0 aliphatic rings. The maximum Gasteiger partial charge on any atom is 0.297 e. The first-order valence-corrected chi connectivity index (χ1v) is 8.08. The number of hydrogen-bond donors (Lipinski definition) is 1. The highest BCUT2D eigenvalue weighted by molar-refractivity contribution is 7.86. The van der Waals surface area contributed by atoms with Gasteiger partial charge in [0, 0.05) is 12.5 Å². The van der Waals surface area contributed by atoms with Crippen LogP contribution in [0.3, 0.4) is 0 Å². The minimum atomic E-state index is -3.73. The molecule has 114 valence electrons. The van der Waals surface area contributed by atoms with E-state index in [9.17, 15) is 8.42 Å². The third-order valence-electron chi connectivity index (χ3n) is 3.17. The Balaban J connectivity index is 1.98. The Labute approximate surface area is 125 Å². The van der Waals surface area contributed by atoms with Gasteiger partial charge in [-0.3, -0.25) is 4.18 Å². The van der Waals surface area contributed by atoms with Crippen molar-refractivity contribution in [3.63, 3.8) is 0 Å². The fourth-order valence-corrected chi connectivity index (χ4v) is 2.81. The average molecular weight is 309 g/mol. The Morgan fingerprint density at radius 3 is 2.52 bits per heavy atom. The van der Waals surface area contributed by atoms with Crippen LogP contribution in [-0.4, -0.2) is 28.1 Å². The predicted molar refractivity (Wildman–Crippen MR) is 79.6 cm³/mol. The van der Waals surface area contributed by atoms with Crippen molar-refractivity contribution >= 4 is 10.1 Å². The van der Waals surface area contributed by atoms with Gasteiger partial charge in [-0.15, -0.1) is 0 Å². The summed E-state index contributed by atoms with van der Waals surface area (Å²) in [6, 6.07) is 10.1. The van der Waals surface area contributed by atoms with Gasteiger partial charge in [-0.2, -0.15) is 8.42 Å². The van der Waals surface area contributed by atoms with Gasteiger partial charge in [0.05, 0.1) is 17.8 Å². The maximum atomic E-state index is 12.1.